The first-order chi connectivity index (χ1) is 9.04. The second kappa shape index (κ2) is 5.13. The molecule has 0 spiro atoms. The summed E-state index contributed by atoms with van der Waals surface area (Å²) in [5.74, 6) is 0. The minimum atomic E-state index is -3.73. The van der Waals surface area contributed by atoms with Crippen molar-refractivity contribution in [2.75, 3.05) is 0 Å². The van der Waals surface area contributed by atoms with Crippen LogP contribution in [0.15, 0.2) is 0 Å². The van der Waals surface area contributed by atoms with Crippen LogP contribution >= 0.6 is 0 Å². The first kappa shape index (κ1) is 14.3. The molecule has 0 aliphatic heterocycles. The molecule has 4 nitrogen and oxygen atoms in total. The molecule has 0 bridgehead atoms. The molecule has 0 aromatic heterocycles. The molecule has 0 radical (unpaired) electrons. The second-order valence-electron chi connectivity index (χ2n) is 5.84. The molecule has 19 heavy (non-hydrogen) atoms. The molecule has 104 valence electrons. The third kappa shape index (κ3) is 2.05. The largest absolute Gasteiger partial charge is 0.226 e. The lowest BCUT2D eigenvalue weighted by Crippen LogP contribution is -2.52. The van der Waals surface area contributed by atoms with E-state index in [1.807, 2.05) is 0 Å². The predicted octanol–water partition coefficient (Wildman–Crippen LogP) is 2.85. The van der Waals surface area contributed by atoms with Crippen molar-refractivity contribution in [1.82, 2.24) is 0 Å². The molecular weight excluding hydrogens is 260 g/mol. The summed E-state index contributed by atoms with van der Waals surface area (Å²) in [4.78, 5) is 0. The molecule has 2 aliphatic rings. The molecule has 0 saturated heterocycles. The fraction of sp³-hybridized carbons (Fsp3) is 0.857. The number of nitrogens with zero attached hydrogens (tertiary/aromatic N) is 2. The second-order valence-corrected chi connectivity index (χ2v) is 8.41. The van der Waals surface area contributed by atoms with Crippen LogP contribution in [0.3, 0.4) is 0 Å². The lowest BCUT2D eigenvalue weighted by molar-refractivity contribution is 0.388. The molecule has 0 unspecified atom stereocenters. The SMILES string of the molecule is N#CC1(S(=O)(=O)C2(C#N)CCCCC2)CCCCC1. The van der Waals surface area contributed by atoms with Gasteiger partial charge in [0.2, 0.25) is 0 Å². The van der Waals surface area contributed by atoms with Crippen molar-refractivity contribution < 1.29 is 8.42 Å². The average Bonchev–Trinajstić information content (AvgIpc) is 2.48. The van der Waals surface area contributed by atoms with E-state index in [4.69, 9.17) is 0 Å². The Balaban J connectivity index is 2.45. The quantitative estimate of drug-likeness (QED) is 0.778. The van der Waals surface area contributed by atoms with Crippen LogP contribution in [0.5, 0.6) is 0 Å². The van der Waals surface area contributed by atoms with Gasteiger partial charge in [0.25, 0.3) is 0 Å². The molecule has 0 aromatic carbocycles. The summed E-state index contributed by atoms with van der Waals surface area (Å²) in [6, 6.07) is 4.15. The summed E-state index contributed by atoms with van der Waals surface area (Å²) in [5, 5.41) is 19.0. The van der Waals surface area contributed by atoms with E-state index in [0.29, 0.717) is 25.7 Å². The molecule has 0 N–H and O–H groups in total. The molecule has 2 fully saturated rings. The highest BCUT2D eigenvalue weighted by atomic mass is 32.2. The fourth-order valence-electron chi connectivity index (χ4n) is 3.50. The maximum absolute atomic E-state index is 13.0. The summed E-state index contributed by atoms with van der Waals surface area (Å²) in [5.41, 5.74) is 0. The molecule has 2 saturated carbocycles. The van der Waals surface area contributed by atoms with Crippen molar-refractivity contribution in [3.63, 3.8) is 0 Å². The highest BCUT2D eigenvalue weighted by Crippen LogP contribution is 2.45. The maximum Gasteiger partial charge on any atom is 0.188 e. The van der Waals surface area contributed by atoms with E-state index >= 15 is 0 Å². The minimum Gasteiger partial charge on any atom is -0.226 e. The summed E-state index contributed by atoms with van der Waals surface area (Å²) in [6.45, 7) is 0. The van der Waals surface area contributed by atoms with Crippen molar-refractivity contribution in [3.05, 3.63) is 0 Å². The van der Waals surface area contributed by atoms with E-state index in [0.717, 1.165) is 38.5 Å². The number of sulfone groups is 1. The summed E-state index contributed by atoms with van der Waals surface area (Å²) in [6.07, 6.45) is 6.65. The maximum atomic E-state index is 13.0. The molecule has 0 amide bonds. The van der Waals surface area contributed by atoms with Gasteiger partial charge in [0, 0.05) is 0 Å². The number of hydrogen-bond donors (Lipinski definition) is 0. The van der Waals surface area contributed by atoms with Gasteiger partial charge < -0.3 is 0 Å². The van der Waals surface area contributed by atoms with Gasteiger partial charge in [-0.05, 0) is 25.7 Å². The van der Waals surface area contributed by atoms with Gasteiger partial charge >= 0.3 is 0 Å². The lowest BCUT2D eigenvalue weighted by Gasteiger charge is -2.39. The van der Waals surface area contributed by atoms with Gasteiger partial charge in [-0.2, -0.15) is 10.5 Å². The molecule has 0 aromatic rings. The Bertz CT molecular complexity index is 471. The number of rotatable bonds is 2. The van der Waals surface area contributed by atoms with E-state index in [1.54, 1.807) is 0 Å². The first-order valence-electron chi connectivity index (χ1n) is 7.10. The Morgan fingerprint density at radius 3 is 1.26 bits per heavy atom. The summed E-state index contributed by atoms with van der Waals surface area (Å²) >= 11 is 0. The molecule has 5 heteroatoms. The number of nitriles is 2. The first-order valence-corrected chi connectivity index (χ1v) is 8.59. The summed E-state index contributed by atoms with van der Waals surface area (Å²) < 4.78 is 23.4. The van der Waals surface area contributed by atoms with Crippen LogP contribution in [0.25, 0.3) is 0 Å². The summed E-state index contributed by atoms with van der Waals surface area (Å²) in [7, 11) is -3.73. The zero-order chi connectivity index (χ0) is 14.0. The molecule has 0 heterocycles. The van der Waals surface area contributed by atoms with Gasteiger partial charge in [0.15, 0.2) is 19.3 Å². The Morgan fingerprint density at radius 2 is 1.00 bits per heavy atom. The third-order valence-electron chi connectivity index (χ3n) is 4.76. The van der Waals surface area contributed by atoms with Crippen molar-refractivity contribution in [2.45, 2.75) is 73.7 Å². The van der Waals surface area contributed by atoms with Gasteiger partial charge in [0.05, 0.1) is 12.1 Å². The fourth-order valence-corrected chi connectivity index (χ4v) is 6.14. The Kier molecular flexibility index (Phi) is 3.87. The zero-order valence-corrected chi connectivity index (χ0v) is 12.0. The van der Waals surface area contributed by atoms with Crippen molar-refractivity contribution >= 4 is 9.84 Å². The highest BCUT2D eigenvalue weighted by Gasteiger charge is 2.57. The van der Waals surface area contributed by atoms with E-state index in [1.165, 1.54) is 0 Å². The Hall–Kier alpha value is -1.07. The van der Waals surface area contributed by atoms with Gasteiger partial charge in [-0.1, -0.05) is 38.5 Å². The standard InChI is InChI=1S/C14H20N2O2S/c15-11-13(7-3-1-4-8-13)19(17,18)14(12-16)9-5-2-6-10-14/h1-10H2. The third-order valence-corrected chi connectivity index (χ3v) is 7.82. The van der Waals surface area contributed by atoms with Crippen LogP contribution in [-0.4, -0.2) is 17.9 Å². The van der Waals surface area contributed by atoms with Crippen LogP contribution in [0, 0.1) is 22.7 Å². The molecule has 2 rings (SSSR count). The Morgan fingerprint density at radius 1 is 0.684 bits per heavy atom. The van der Waals surface area contributed by atoms with Crippen LogP contribution in [-0.2, 0) is 9.84 Å². The normalized spacial score (nSPS) is 26.0. The van der Waals surface area contributed by atoms with E-state index < -0.39 is 19.3 Å². The smallest absolute Gasteiger partial charge is 0.188 e. The van der Waals surface area contributed by atoms with Gasteiger partial charge in [-0.25, -0.2) is 8.42 Å². The lowest BCUT2D eigenvalue weighted by atomic mass is 9.88. The van der Waals surface area contributed by atoms with Gasteiger partial charge in [0.1, 0.15) is 0 Å². The van der Waals surface area contributed by atoms with Crippen molar-refractivity contribution in [3.8, 4) is 12.1 Å². The molecular formula is C14H20N2O2S. The highest BCUT2D eigenvalue weighted by molar-refractivity contribution is 7.94. The van der Waals surface area contributed by atoms with E-state index in [2.05, 4.69) is 12.1 Å². The topological polar surface area (TPSA) is 81.7 Å². The van der Waals surface area contributed by atoms with Crippen LogP contribution in [0.4, 0.5) is 0 Å². The Labute approximate surface area is 115 Å². The van der Waals surface area contributed by atoms with Crippen molar-refractivity contribution in [1.29, 1.82) is 10.5 Å². The molecule has 0 atom stereocenters. The molecule has 2 aliphatic carbocycles. The minimum absolute atomic E-state index is 0.398. The zero-order valence-electron chi connectivity index (χ0n) is 11.2. The predicted molar refractivity (Wildman–Crippen MR) is 71.8 cm³/mol. The average molecular weight is 280 g/mol. The van der Waals surface area contributed by atoms with Gasteiger partial charge in [-0.3, -0.25) is 0 Å². The van der Waals surface area contributed by atoms with E-state index in [-0.39, 0.29) is 0 Å². The van der Waals surface area contributed by atoms with Crippen LogP contribution in [0.2, 0.25) is 0 Å². The van der Waals surface area contributed by atoms with Crippen LogP contribution < -0.4 is 0 Å². The van der Waals surface area contributed by atoms with Crippen molar-refractivity contribution in [2.24, 2.45) is 0 Å². The van der Waals surface area contributed by atoms with E-state index in [9.17, 15) is 18.9 Å². The van der Waals surface area contributed by atoms with Gasteiger partial charge in [-0.15, -0.1) is 0 Å². The monoisotopic (exact) mass is 280 g/mol. The number of hydrogen-bond acceptors (Lipinski definition) is 4. The van der Waals surface area contributed by atoms with Crippen LogP contribution in [0.1, 0.15) is 64.2 Å².